The molecule has 0 atom stereocenters. The number of piperazine rings is 1. The van der Waals surface area contributed by atoms with E-state index in [2.05, 4.69) is 42.8 Å². The Bertz CT molecular complexity index is 1490. The van der Waals surface area contributed by atoms with Gasteiger partial charge in [-0.2, -0.15) is 15.0 Å². The van der Waals surface area contributed by atoms with E-state index in [0.717, 1.165) is 37.4 Å². The van der Waals surface area contributed by atoms with Gasteiger partial charge in [0.1, 0.15) is 5.82 Å². The Kier molecular flexibility index (Phi) is 8.48. The van der Waals surface area contributed by atoms with Gasteiger partial charge in [0.25, 0.3) is 0 Å². The Morgan fingerprint density at radius 2 is 1.55 bits per heavy atom. The van der Waals surface area contributed by atoms with Gasteiger partial charge in [-0.1, -0.05) is 35.9 Å². The van der Waals surface area contributed by atoms with Gasteiger partial charge in [-0.15, -0.1) is 0 Å². The van der Waals surface area contributed by atoms with E-state index >= 15 is 0 Å². The second-order valence-electron chi connectivity index (χ2n) is 9.28. The molecular formula is C29H28ClFN8O. The summed E-state index contributed by atoms with van der Waals surface area (Å²) in [7, 11) is 2.10. The van der Waals surface area contributed by atoms with Gasteiger partial charge in [0.2, 0.25) is 11.9 Å². The largest absolute Gasteiger partial charge is 0.338 e. The van der Waals surface area contributed by atoms with Crippen molar-refractivity contribution in [1.29, 1.82) is 0 Å². The molecule has 9 nitrogen and oxygen atoms in total. The van der Waals surface area contributed by atoms with Crippen LogP contribution in [0.2, 0.25) is 5.02 Å². The van der Waals surface area contributed by atoms with Crippen LogP contribution < -0.4 is 20.9 Å². The average Bonchev–Trinajstić information content (AvgIpc) is 2.94. The lowest BCUT2D eigenvalue weighted by Crippen LogP contribution is -2.45. The van der Waals surface area contributed by atoms with Crippen molar-refractivity contribution in [1.82, 2.24) is 19.9 Å². The molecular weight excluding hydrogens is 531 g/mol. The van der Waals surface area contributed by atoms with Crippen molar-refractivity contribution in [3.05, 3.63) is 95.0 Å². The van der Waals surface area contributed by atoms with Gasteiger partial charge in [-0.3, -0.25) is 0 Å². The van der Waals surface area contributed by atoms with Crippen LogP contribution in [0.5, 0.6) is 0 Å². The minimum atomic E-state index is -0.474. The second kappa shape index (κ2) is 12.5. The van der Waals surface area contributed by atoms with Crippen LogP contribution in [0.1, 0.15) is 11.4 Å². The van der Waals surface area contributed by atoms with E-state index in [-0.39, 0.29) is 0 Å². The Hall–Kier alpha value is -4.54. The molecule has 1 aliphatic heterocycles. The first kappa shape index (κ1) is 27.0. The smallest absolute Gasteiger partial charge is 0.323 e. The fourth-order valence-corrected chi connectivity index (χ4v) is 4.16. The van der Waals surface area contributed by atoms with Gasteiger partial charge in [-0.05, 0) is 73.3 Å². The van der Waals surface area contributed by atoms with E-state index in [1.807, 2.05) is 36.4 Å². The van der Waals surface area contributed by atoms with Crippen LogP contribution in [0, 0.1) is 5.82 Å². The highest BCUT2D eigenvalue weighted by molar-refractivity contribution is 6.30. The molecule has 0 radical (unpaired) electrons. The van der Waals surface area contributed by atoms with Gasteiger partial charge in [0.15, 0.2) is 5.82 Å². The Balaban J connectivity index is 1.30. The Morgan fingerprint density at radius 1 is 0.850 bits per heavy atom. The number of urea groups is 1. The summed E-state index contributed by atoms with van der Waals surface area (Å²) in [4.78, 5) is 30.7. The van der Waals surface area contributed by atoms with E-state index < -0.39 is 11.8 Å². The van der Waals surface area contributed by atoms with Crippen molar-refractivity contribution in [2.45, 2.75) is 0 Å². The van der Waals surface area contributed by atoms with Crippen molar-refractivity contribution < 1.29 is 9.18 Å². The van der Waals surface area contributed by atoms with E-state index in [9.17, 15) is 9.18 Å². The normalized spacial score (nSPS) is 13.8. The molecule has 11 heteroatoms. The maximum Gasteiger partial charge on any atom is 0.323 e. The third-order valence-electron chi connectivity index (χ3n) is 6.20. The highest BCUT2D eigenvalue weighted by Crippen LogP contribution is 2.21. The summed E-state index contributed by atoms with van der Waals surface area (Å²) in [6, 6.07) is 19.9. The number of rotatable bonds is 7. The summed E-state index contributed by atoms with van der Waals surface area (Å²) < 4.78 is 13.4. The number of carbonyl (C=O) groups excluding carboxylic acids is 1. The zero-order valence-electron chi connectivity index (χ0n) is 21.8. The van der Waals surface area contributed by atoms with Crippen LogP contribution in [0.25, 0.3) is 12.2 Å². The minimum Gasteiger partial charge on any atom is -0.338 e. The number of halogens is 2. The number of benzene rings is 3. The number of anilines is 5. The summed E-state index contributed by atoms with van der Waals surface area (Å²) in [5.74, 6) is 1.11. The van der Waals surface area contributed by atoms with Crippen LogP contribution in [0.4, 0.5) is 38.1 Å². The average molecular weight is 559 g/mol. The lowest BCUT2D eigenvalue weighted by molar-refractivity contribution is 0.262. The van der Waals surface area contributed by atoms with Crippen molar-refractivity contribution >= 4 is 58.7 Å². The third-order valence-corrected chi connectivity index (χ3v) is 6.46. The number of amides is 2. The summed E-state index contributed by atoms with van der Waals surface area (Å²) in [5, 5.41) is 9.26. The maximum absolute atomic E-state index is 13.4. The lowest BCUT2D eigenvalue weighted by Gasteiger charge is -2.32. The molecule has 5 rings (SSSR count). The predicted octanol–water partition coefficient (Wildman–Crippen LogP) is 5.97. The first-order chi connectivity index (χ1) is 19.4. The zero-order chi connectivity index (χ0) is 27.9. The van der Waals surface area contributed by atoms with Crippen LogP contribution >= 0.6 is 11.6 Å². The van der Waals surface area contributed by atoms with Crippen LogP contribution in [-0.2, 0) is 0 Å². The van der Waals surface area contributed by atoms with Crippen LogP contribution in [0.3, 0.4) is 0 Å². The molecule has 0 aliphatic carbocycles. The number of hydrogen-bond acceptors (Lipinski definition) is 7. The molecule has 0 spiro atoms. The first-order valence-corrected chi connectivity index (χ1v) is 13.1. The number of nitrogens with one attached hydrogen (secondary N) is 3. The molecule has 2 heterocycles. The molecule has 1 aromatic heterocycles. The van der Waals surface area contributed by atoms with E-state index in [0.29, 0.717) is 34.1 Å². The van der Waals surface area contributed by atoms with E-state index in [1.165, 1.54) is 18.2 Å². The number of hydrogen-bond donors (Lipinski definition) is 3. The molecule has 1 aliphatic rings. The summed E-state index contributed by atoms with van der Waals surface area (Å²) in [6.07, 6.45) is 3.78. The zero-order valence-corrected chi connectivity index (χ0v) is 22.6. The van der Waals surface area contributed by atoms with E-state index in [4.69, 9.17) is 16.6 Å². The minimum absolute atomic E-state index is 0.364. The molecule has 2 amide bonds. The fraction of sp³-hybridized carbons (Fsp3) is 0.172. The van der Waals surface area contributed by atoms with Gasteiger partial charge in [0.05, 0.1) is 0 Å². The fourth-order valence-electron chi connectivity index (χ4n) is 4.03. The standard InChI is InChI=1S/C29H28ClFN8O/c1-38-15-17-39(18-16-38)28-36-26(14-7-20-5-8-21(30)9-6-20)35-27(37-28)32-23-10-12-24(13-11-23)33-29(40)34-25-4-2-3-22(31)19-25/h2-14,19H,15-18H2,1H3,(H2,33,34,40)(H,32,35,36,37)/b14-7+. The number of likely N-dealkylation sites (N-methyl/N-ethyl adjacent to an activating group) is 1. The Morgan fingerprint density at radius 3 is 2.27 bits per heavy atom. The summed E-state index contributed by atoms with van der Waals surface area (Å²) >= 11 is 6.01. The van der Waals surface area contributed by atoms with Crippen molar-refractivity contribution in [2.24, 2.45) is 0 Å². The SMILES string of the molecule is CN1CCN(c2nc(/C=C/c3ccc(Cl)cc3)nc(Nc3ccc(NC(=O)Nc4cccc(F)c4)cc3)n2)CC1. The lowest BCUT2D eigenvalue weighted by atomic mass is 10.2. The molecule has 1 fully saturated rings. The van der Waals surface area contributed by atoms with Gasteiger partial charge in [0, 0.05) is 48.3 Å². The van der Waals surface area contributed by atoms with Crippen LogP contribution in [-0.4, -0.2) is 59.1 Å². The predicted molar refractivity (Wildman–Crippen MR) is 159 cm³/mol. The summed E-state index contributed by atoms with van der Waals surface area (Å²) in [6.45, 7) is 3.48. The van der Waals surface area contributed by atoms with Crippen molar-refractivity contribution in [3.63, 3.8) is 0 Å². The number of nitrogens with zero attached hydrogens (tertiary/aromatic N) is 5. The van der Waals surface area contributed by atoms with Gasteiger partial charge in [-0.25, -0.2) is 9.18 Å². The maximum atomic E-state index is 13.4. The monoisotopic (exact) mass is 558 g/mol. The first-order valence-electron chi connectivity index (χ1n) is 12.7. The van der Waals surface area contributed by atoms with Gasteiger partial charge >= 0.3 is 6.03 Å². The molecule has 0 bridgehead atoms. The van der Waals surface area contributed by atoms with E-state index in [1.54, 1.807) is 30.3 Å². The van der Waals surface area contributed by atoms with Crippen LogP contribution in [0.15, 0.2) is 72.8 Å². The third kappa shape index (κ3) is 7.52. The van der Waals surface area contributed by atoms with Crippen molar-refractivity contribution in [2.75, 3.05) is 54.1 Å². The molecule has 4 aromatic rings. The molecule has 3 aromatic carbocycles. The molecule has 1 saturated heterocycles. The second-order valence-corrected chi connectivity index (χ2v) is 9.72. The summed E-state index contributed by atoms with van der Waals surface area (Å²) in [5.41, 5.74) is 2.65. The Labute approximate surface area is 236 Å². The van der Waals surface area contributed by atoms with Crippen molar-refractivity contribution in [3.8, 4) is 0 Å². The molecule has 3 N–H and O–H groups in total. The highest BCUT2D eigenvalue weighted by atomic mass is 35.5. The quantitative estimate of drug-likeness (QED) is 0.257. The molecule has 40 heavy (non-hydrogen) atoms. The topological polar surface area (TPSA) is 98.3 Å². The molecule has 0 unspecified atom stereocenters. The number of aromatic nitrogens is 3. The number of carbonyl (C=O) groups is 1. The molecule has 204 valence electrons. The van der Waals surface area contributed by atoms with Gasteiger partial charge < -0.3 is 25.8 Å². The molecule has 0 saturated carbocycles. The highest BCUT2D eigenvalue weighted by Gasteiger charge is 2.18.